The van der Waals surface area contributed by atoms with Crippen LogP contribution in [0.4, 0.5) is 4.39 Å². The molecule has 2 aliphatic carbocycles. The van der Waals surface area contributed by atoms with E-state index in [0.29, 0.717) is 72.1 Å². The van der Waals surface area contributed by atoms with Crippen LogP contribution < -0.4 is 21.5 Å². The van der Waals surface area contributed by atoms with E-state index in [1.165, 1.54) is 6.07 Å². The van der Waals surface area contributed by atoms with Gasteiger partial charge in [0, 0.05) is 17.0 Å². The van der Waals surface area contributed by atoms with Crippen LogP contribution in [0.15, 0.2) is 16.9 Å². The number of nitrogens with zero attached hydrogens (tertiary/aromatic N) is 2. The van der Waals surface area contributed by atoms with Crippen molar-refractivity contribution < 1.29 is 33.0 Å². The number of cyclic esters (lactones) is 1. The average Bonchev–Trinajstić information content (AvgIpc) is 3.73. The van der Waals surface area contributed by atoms with E-state index in [1.54, 1.807) is 11.5 Å². The number of hydrogen-bond acceptors (Lipinski definition) is 8. The van der Waals surface area contributed by atoms with E-state index in [2.05, 4.69) is 16.0 Å². The molecule has 0 radical (unpaired) electrons. The summed E-state index contributed by atoms with van der Waals surface area (Å²) in [5, 5.41) is 8.74. The summed E-state index contributed by atoms with van der Waals surface area (Å²) in [4.78, 5) is 67.1. The molecule has 0 spiro atoms. The van der Waals surface area contributed by atoms with Crippen molar-refractivity contribution in [3.05, 3.63) is 61.7 Å². The monoisotopic (exact) mass is 617 g/mol. The third kappa shape index (κ3) is 4.59. The molecule has 4 aliphatic rings. The number of hydrogen-bond donors (Lipinski definition) is 3. The quantitative estimate of drug-likeness (QED) is 0.146. The van der Waals surface area contributed by atoms with Gasteiger partial charge >= 0.3 is 5.97 Å². The first-order chi connectivity index (χ1) is 21.7. The second-order valence-corrected chi connectivity index (χ2v) is 12.1. The Kier molecular flexibility index (Phi) is 6.95. The van der Waals surface area contributed by atoms with Crippen LogP contribution in [0.3, 0.4) is 0 Å². The Morgan fingerprint density at radius 2 is 2.02 bits per heavy atom. The Balaban J connectivity index is 1.27. The Morgan fingerprint density at radius 3 is 2.76 bits per heavy atom. The molecule has 1 unspecified atom stereocenters. The molecule has 2 aliphatic heterocycles. The zero-order chi connectivity index (χ0) is 31.6. The number of esters is 1. The van der Waals surface area contributed by atoms with Gasteiger partial charge in [-0.1, -0.05) is 6.92 Å². The van der Waals surface area contributed by atoms with Gasteiger partial charge in [0.2, 0.25) is 12.3 Å². The fraction of sp³-hybridized carbons (Fsp3) is 0.438. The minimum atomic E-state index is -1.10. The van der Waals surface area contributed by atoms with Crippen molar-refractivity contribution in [3.8, 4) is 11.4 Å². The summed E-state index contributed by atoms with van der Waals surface area (Å²) in [6.07, 6.45) is 2.87. The van der Waals surface area contributed by atoms with Crippen molar-refractivity contribution in [3.63, 3.8) is 0 Å². The second kappa shape index (κ2) is 10.8. The minimum Gasteiger partial charge on any atom is -0.460 e. The number of amides is 3. The van der Waals surface area contributed by atoms with Crippen LogP contribution in [0, 0.1) is 12.7 Å². The molecule has 12 nitrogen and oxygen atoms in total. The predicted molar refractivity (Wildman–Crippen MR) is 157 cm³/mol. The number of halogens is 1. The summed E-state index contributed by atoms with van der Waals surface area (Å²) < 4.78 is 27.9. The molecule has 1 fully saturated rings. The Labute approximate surface area is 256 Å². The molecule has 2 aromatic heterocycles. The van der Waals surface area contributed by atoms with Gasteiger partial charge in [-0.25, -0.2) is 9.37 Å². The molecule has 2 atom stereocenters. The Bertz CT molecular complexity index is 1880. The molecule has 7 rings (SSSR count). The number of rotatable bonds is 9. The third-order valence-electron chi connectivity index (χ3n) is 9.58. The lowest BCUT2D eigenvalue weighted by Crippen LogP contribution is -2.44. The van der Waals surface area contributed by atoms with Gasteiger partial charge in [-0.15, -0.1) is 0 Å². The van der Waals surface area contributed by atoms with Gasteiger partial charge in [-0.05, 0) is 67.3 Å². The lowest BCUT2D eigenvalue weighted by Gasteiger charge is -2.31. The van der Waals surface area contributed by atoms with Crippen LogP contribution >= 0.6 is 0 Å². The molecule has 0 bridgehead atoms. The molecule has 3 aromatic rings. The smallest absolute Gasteiger partial charge is 0.313 e. The fourth-order valence-corrected chi connectivity index (χ4v) is 7.01. The van der Waals surface area contributed by atoms with Crippen molar-refractivity contribution >= 4 is 35.1 Å². The molecular formula is C32H32FN5O7. The minimum absolute atomic E-state index is 0.0915. The highest BCUT2D eigenvalue weighted by Crippen LogP contribution is 2.47. The maximum atomic E-state index is 15.2. The van der Waals surface area contributed by atoms with E-state index < -0.39 is 23.5 Å². The number of carbonyl (C=O) groups is 4. The topological polar surface area (TPSA) is 158 Å². The highest BCUT2D eigenvalue weighted by atomic mass is 19.1. The molecule has 4 heterocycles. The number of pyridine rings is 2. The molecule has 3 N–H and O–H groups in total. The maximum absolute atomic E-state index is 15.2. The second-order valence-electron chi connectivity index (χ2n) is 12.1. The van der Waals surface area contributed by atoms with Gasteiger partial charge in [0.1, 0.15) is 24.8 Å². The standard InChI is InChI=1S/C32H32FN5O7/c1-3-16-18-8-24-28-19(11-38(24)29(41)20(18)12-44-30(16)42)27-22(5-4-17-15(2)21(33)9-23(36-28)26(17)27)37-31(43)32(6-7-32)45-14-35-25(40)10-34-13-39/h8-9,13,16,22H,3-7,10-12,14H2,1-2H3,(H,34,39)(H,35,40)(H,37,43)/t16-,22?/m1/s1. The summed E-state index contributed by atoms with van der Waals surface area (Å²) in [5.74, 6) is -2.07. The number of ether oxygens (including phenoxy) is 2. The molecule has 0 saturated heterocycles. The molecular weight excluding hydrogens is 585 g/mol. The first-order valence-electron chi connectivity index (χ1n) is 15.1. The summed E-state index contributed by atoms with van der Waals surface area (Å²) in [5.41, 5.74) is 4.20. The van der Waals surface area contributed by atoms with Gasteiger partial charge in [0.05, 0.1) is 47.5 Å². The Hall–Kier alpha value is -4.65. The number of fused-ring (bicyclic) bond motifs is 5. The van der Waals surface area contributed by atoms with Crippen LogP contribution in [0.5, 0.6) is 0 Å². The molecule has 234 valence electrons. The summed E-state index contributed by atoms with van der Waals surface area (Å²) >= 11 is 0. The van der Waals surface area contributed by atoms with Crippen LogP contribution in [0.1, 0.15) is 77.9 Å². The first kappa shape index (κ1) is 29.1. The zero-order valence-electron chi connectivity index (χ0n) is 24.9. The van der Waals surface area contributed by atoms with Gasteiger partial charge < -0.3 is 30.0 Å². The van der Waals surface area contributed by atoms with Crippen LogP contribution in [0.25, 0.3) is 22.3 Å². The summed E-state index contributed by atoms with van der Waals surface area (Å²) in [6.45, 7) is 3.33. The third-order valence-corrected chi connectivity index (χ3v) is 9.58. The summed E-state index contributed by atoms with van der Waals surface area (Å²) in [7, 11) is 0. The molecule has 1 saturated carbocycles. The van der Waals surface area contributed by atoms with Crippen LogP contribution in [-0.2, 0) is 48.2 Å². The normalized spacial score (nSPS) is 20.0. The van der Waals surface area contributed by atoms with Gasteiger partial charge in [0.25, 0.3) is 11.5 Å². The van der Waals surface area contributed by atoms with E-state index >= 15 is 4.39 Å². The number of nitrogens with one attached hydrogen (secondary N) is 3. The van der Waals surface area contributed by atoms with Crippen molar-refractivity contribution in [2.75, 3.05) is 13.3 Å². The van der Waals surface area contributed by atoms with Crippen molar-refractivity contribution in [2.24, 2.45) is 0 Å². The van der Waals surface area contributed by atoms with E-state index in [4.69, 9.17) is 14.5 Å². The van der Waals surface area contributed by atoms with Crippen LogP contribution in [-0.4, -0.2) is 52.6 Å². The predicted octanol–water partition coefficient (Wildman–Crippen LogP) is 1.90. The average molecular weight is 618 g/mol. The lowest BCUT2D eigenvalue weighted by molar-refractivity contribution is -0.148. The Morgan fingerprint density at radius 1 is 1.22 bits per heavy atom. The van der Waals surface area contributed by atoms with Gasteiger partial charge in [0.15, 0.2) is 0 Å². The molecule has 1 aromatic carbocycles. The van der Waals surface area contributed by atoms with Gasteiger partial charge in [-0.3, -0.25) is 24.0 Å². The number of benzene rings is 1. The first-order valence-corrected chi connectivity index (χ1v) is 15.1. The zero-order valence-corrected chi connectivity index (χ0v) is 24.9. The number of carbonyl (C=O) groups excluding carboxylic acids is 4. The molecule has 3 amide bonds. The summed E-state index contributed by atoms with van der Waals surface area (Å²) in [6, 6.07) is 2.78. The number of aryl methyl sites for hydroxylation is 1. The van der Waals surface area contributed by atoms with Crippen LogP contribution in [0.2, 0.25) is 0 Å². The maximum Gasteiger partial charge on any atom is 0.313 e. The SMILES string of the molecule is CC[C@H]1C(=O)OCc2c1cc1n(c2=O)Cc2c-1nc1cc(F)c(C)c3c1c2C(NC(=O)C1(OCNC(=O)CNC=O)CC1)CC3. The highest BCUT2D eigenvalue weighted by Gasteiger charge is 2.52. The van der Waals surface area contributed by atoms with Crippen molar-refractivity contribution in [1.82, 2.24) is 25.5 Å². The molecule has 45 heavy (non-hydrogen) atoms. The van der Waals surface area contributed by atoms with E-state index in [0.717, 1.165) is 22.1 Å². The van der Waals surface area contributed by atoms with E-state index in [9.17, 15) is 24.0 Å². The van der Waals surface area contributed by atoms with Gasteiger partial charge in [-0.2, -0.15) is 0 Å². The lowest BCUT2D eigenvalue weighted by atomic mass is 9.81. The highest BCUT2D eigenvalue weighted by molar-refractivity contribution is 5.95. The van der Waals surface area contributed by atoms with Crippen molar-refractivity contribution in [1.29, 1.82) is 0 Å². The number of aromatic nitrogens is 2. The fourth-order valence-electron chi connectivity index (χ4n) is 7.01. The van der Waals surface area contributed by atoms with E-state index in [-0.39, 0.29) is 49.7 Å². The van der Waals surface area contributed by atoms with Crippen molar-refractivity contribution in [2.45, 2.75) is 76.7 Å². The van der Waals surface area contributed by atoms with E-state index in [1.807, 2.05) is 13.0 Å². The largest absolute Gasteiger partial charge is 0.460 e. The molecule has 13 heteroatoms.